The van der Waals surface area contributed by atoms with Crippen LogP contribution in [0.4, 0.5) is 5.82 Å². The van der Waals surface area contributed by atoms with Crippen molar-refractivity contribution in [3.63, 3.8) is 0 Å². The van der Waals surface area contributed by atoms with Crippen molar-refractivity contribution < 1.29 is 14.9 Å². The summed E-state index contributed by atoms with van der Waals surface area (Å²) in [6, 6.07) is 0. The third kappa shape index (κ3) is 2.93. The summed E-state index contributed by atoms with van der Waals surface area (Å²) in [4.78, 5) is 8.11. The average molecular weight is 345 g/mol. The molecule has 0 aliphatic heterocycles. The summed E-state index contributed by atoms with van der Waals surface area (Å²) in [6.07, 6.45) is 2.34. The minimum Gasteiger partial charge on any atom is -0.394 e. The molecule has 0 saturated heterocycles. The fourth-order valence-electron chi connectivity index (χ4n) is 1.92. The van der Waals surface area contributed by atoms with Gasteiger partial charge in [0, 0.05) is 10.7 Å². The van der Waals surface area contributed by atoms with Gasteiger partial charge in [0.05, 0.1) is 18.1 Å². The van der Waals surface area contributed by atoms with Crippen molar-refractivity contribution in [2.45, 2.75) is 32.3 Å². The number of nitrogens with two attached hydrogens (primary N) is 1. The number of nitrogen functional groups attached to an aromatic ring is 1. The fraction of sp³-hybridized carbons (Fsp3) is 0.500. The molecule has 4 N–H and O–H groups in total. The summed E-state index contributed by atoms with van der Waals surface area (Å²) in [5, 5.41) is 19.6. The third-order valence-corrected chi connectivity index (χ3v) is 3.69. The van der Waals surface area contributed by atoms with E-state index >= 15 is 0 Å². The van der Waals surface area contributed by atoms with E-state index in [1.807, 2.05) is 6.92 Å². The second-order valence-electron chi connectivity index (χ2n) is 4.40. The number of hydrogen-bond acceptors (Lipinski definition) is 6. The predicted molar refractivity (Wildman–Crippen MR) is 77.9 cm³/mol. The van der Waals surface area contributed by atoms with Crippen LogP contribution in [0, 0.1) is 0 Å². The van der Waals surface area contributed by atoms with Crippen LogP contribution in [0.5, 0.6) is 0 Å². The number of fused-ring (bicyclic) bond motifs is 1. The first-order valence-corrected chi connectivity index (χ1v) is 7.03. The Labute approximate surface area is 124 Å². The van der Waals surface area contributed by atoms with Gasteiger partial charge in [-0.15, -0.1) is 0 Å². The van der Waals surface area contributed by atoms with Crippen LogP contribution in [0.25, 0.3) is 11.0 Å². The zero-order chi connectivity index (χ0) is 14.7. The van der Waals surface area contributed by atoms with Crippen LogP contribution in [-0.4, -0.2) is 43.6 Å². The molecule has 0 saturated carbocycles. The zero-order valence-electron chi connectivity index (χ0n) is 11.0. The van der Waals surface area contributed by atoms with E-state index in [2.05, 4.69) is 25.9 Å². The number of anilines is 1. The lowest BCUT2D eigenvalue weighted by Gasteiger charge is -2.20. The van der Waals surface area contributed by atoms with Gasteiger partial charge < -0.3 is 25.3 Å². The summed E-state index contributed by atoms with van der Waals surface area (Å²) in [7, 11) is 0. The Balaban J connectivity index is 2.20. The summed E-state index contributed by atoms with van der Waals surface area (Å²) >= 11 is 3.40. The molecule has 2 heterocycles. The maximum absolute atomic E-state index is 9.71. The minimum absolute atomic E-state index is 0.154. The van der Waals surface area contributed by atoms with Crippen molar-refractivity contribution in [3.8, 4) is 0 Å². The van der Waals surface area contributed by atoms with Gasteiger partial charge in [-0.3, -0.25) is 0 Å². The Bertz CT molecular complexity index is 589. The van der Waals surface area contributed by atoms with Gasteiger partial charge in [0.15, 0.2) is 0 Å². The van der Waals surface area contributed by atoms with E-state index in [9.17, 15) is 10.2 Å². The Morgan fingerprint density at radius 1 is 1.50 bits per heavy atom. The molecule has 20 heavy (non-hydrogen) atoms. The smallest absolute Gasteiger partial charge is 0.148 e. The van der Waals surface area contributed by atoms with Crippen LogP contribution in [0.1, 0.15) is 13.3 Å². The maximum atomic E-state index is 9.71. The lowest BCUT2D eigenvalue weighted by molar-refractivity contribution is -0.0871. The van der Waals surface area contributed by atoms with E-state index in [-0.39, 0.29) is 13.3 Å². The highest BCUT2D eigenvalue weighted by Gasteiger charge is 2.18. The first kappa shape index (κ1) is 15.2. The van der Waals surface area contributed by atoms with Crippen LogP contribution in [0.15, 0.2) is 17.0 Å². The molecule has 2 aromatic rings. The first-order chi connectivity index (χ1) is 9.58. The van der Waals surface area contributed by atoms with Crippen LogP contribution in [0.3, 0.4) is 0 Å². The number of aromatic nitrogens is 3. The van der Waals surface area contributed by atoms with Gasteiger partial charge in [0.2, 0.25) is 0 Å². The predicted octanol–water partition coefficient (Wildman–Crippen LogP) is 0.882. The molecule has 0 spiro atoms. The van der Waals surface area contributed by atoms with Gasteiger partial charge in [0.25, 0.3) is 0 Å². The van der Waals surface area contributed by atoms with Gasteiger partial charge in [-0.2, -0.15) is 0 Å². The molecule has 2 rings (SSSR count). The summed E-state index contributed by atoms with van der Waals surface area (Å²) in [6.45, 7) is 1.74. The Hall–Kier alpha value is -1.22. The number of ether oxygens (including phenoxy) is 1. The highest BCUT2D eigenvalue weighted by molar-refractivity contribution is 9.10. The highest BCUT2D eigenvalue weighted by atomic mass is 79.9. The molecule has 0 fully saturated rings. The molecule has 0 amide bonds. The molecular formula is C12H17BrN4O3. The number of nitrogens with zero attached hydrogens (tertiary/aromatic N) is 3. The summed E-state index contributed by atoms with van der Waals surface area (Å²) in [5.74, 6) is 0.382. The molecule has 2 atom stereocenters. The van der Waals surface area contributed by atoms with Crippen molar-refractivity contribution in [1.82, 2.24) is 14.5 Å². The van der Waals surface area contributed by atoms with Crippen LogP contribution in [0.2, 0.25) is 0 Å². The molecule has 0 bridgehead atoms. The molecule has 7 nitrogen and oxygen atoms in total. The van der Waals surface area contributed by atoms with E-state index in [1.54, 1.807) is 10.8 Å². The van der Waals surface area contributed by atoms with Crippen molar-refractivity contribution in [2.75, 3.05) is 12.3 Å². The third-order valence-electron chi connectivity index (χ3n) is 3.09. The van der Waals surface area contributed by atoms with Gasteiger partial charge in [-0.25, -0.2) is 9.97 Å². The molecule has 2 aromatic heterocycles. The van der Waals surface area contributed by atoms with Crippen molar-refractivity contribution in [1.29, 1.82) is 0 Å². The van der Waals surface area contributed by atoms with Crippen LogP contribution in [-0.2, 0) is 11.5 Å². The second-order valence-corrected chi connectivity index (χ2v) is 5.25. The SMILES string of the molecule is CCC(O)C(CO)OCn1cc(Br)c2c(N)ncnc21. The Morgan fingerprint density at radius 2 is 2.25 bits per heavy atom. The number of halogens is 1. The summed E-state index contributed by atoms with van der Waals surface area (Å²) < 4.78 is 8.04. The summed E-state index contributed by atoms with van der Waals surface area (Å²) in [5.41, 5.74) is 6.44. The largest absolute Gasteiger partial charge is 0.394 e. The van der Waals surface area contributed by atoms with E-state index in [1.165, 1.54) is 6.33 Å². The lowest BCUT2D eigenvalue weighted by Crippen LogP contribution is -2.32. The van der Waals surface area contributed by atoms with Crippen LogP contribution >= 0.6 is 15.9 Å². The zero-order valence-corrected chi connectivity index (χ0v) is 12.6. The van der Waals surface area contributed by atoms with Crippen molar-refractivity contribution >= 4 is 32.8 Å². The quantitative estimate of drug-likeness (QED) is 0.718. The molecule has 0 aromatic carbocycles. The monoisotopic (exact) mass is 344 g/mol. The molecule has 0 radical (unpaired) electrons. The minimum atomic E-state index is -0.704. The lowest BCUT2D eigenvalue weighted by atomic mass is 10.2. The van der Waals surface area contributed by atoms with E-state index in [4.69, 9.17) is 10.5 Å². The molecule has 0 aliphatic rings. The van der Waals surface area contributed by atoms with E-state index < -0.39 is 12.2 Å². The first-order valence-electron chi connectivity index (χ1n) is 6.23. The van der Waals surface area contributed by atoms with Gasteiger partial charge >= 0.3 is 0 Å². The van der Waals surface area contributed by atoms with E-state index in [0.29, 0.717) is 23.3 Å². The molecular weight excluding hydrogens is 328 g/mol. The van der Waals surface area contributed by atoms with Crippen molar-refractivity contribution in [2.24, 2.45) is 0 Å². The fourth-order valence-corrected chi connectivity index (χ4v) is 2.55. The Kier molecular flexibility index (Phi) is 4.92. The molecule has 110 valence electrons. The maximum Gasteiger partial charge on any atom is 0.148 e. The Morgan fingerprint density at radius 3 is 2.90 bits per heavy atom. The molecule has 0 aliphatic carbocycles. The number of hydrogen-bond donors (Lipinski definition) is 3. The van der Waals surface area contributed by atoms with Gasteiger partial charge in [0.1, 0.15) is 30.6 Å². The normalized spacial score (nSPS) is 14.6. The van der Waals surface area contributed by atoms with Gasteiger partial charge in [-0.05, 0) is 22.4 Å². The number of aliphatic hydroxyl groups excluding tert-OH is 2. The highest BCUT2D eigenvalue weighted by Crippen LogP contribution is 2.28. The van der Waals surface area contributed by atoms with Gasteiger partial charge in [-0.1, -0.05) is 6.92 Å². The van der Waals surface area contributed by atoms with Crippen LogP contribution < -0.4 is 5.73 Å². The van der Waals surface area contributed by atoms with E-state index in [0.717, 1.165) is 4.47 Å². The number of rotatable bonds is 6. The number of aliphatic hydroxyl groups is 2. The van der Waals surface area contributed by atoms with Crippen molar-refractivity contribution in [3.05, 3.63) is 17.0 Å². The topological polar surface area (TPSA) is 106 Å². The second kappa shape index (κ2) is 6.49. The standard InChI is InChI=1S/C12H17BrN4O3/c1-2-8(19)9(4-18)20-6-17-3-7(13)10-11(14)15-5-16-12(10)17/h3,5,8-9,18-19H,2,4,6H2,1H3,(H2,14,15,16). The average Bonchev–Trinajstić information content (AvgIpc) is 2.77. The molecule has 2 unspecified atom stereocenters. The molecule has 8 heteroatoms.